The summed E-state index contributed by atoms with van der Waals surface area (Å²) in [6.45, 7) is 2.91. The van der Waals surface area contributed by atoms with Crippen molar-refractivity contribution in [3.8, 4) is 28.6 Å². The van der Waals surface area contributed by atoms with Gasteiger partial charge in [-0.1, -0.05) is 17.3 Å². The number of ether oxygens (including phenoxy) is 3. The maximum atomic E-state index is 12.7. The molecule has 0 N–H and O–H groups in total. The molecule has 0 spiro atoms. The number of aromatic nitrogens is 2. The molecule has 0 aliphatic carbocycles. The van der Waals surface area contributed by atoms with Crippen LogP contribution in [0.25, 0.3) is 11.4 Å². The Labute approximate surface area is 174 Å². The molecule has 2 heterocycles. The van der Waals surface area contributed by atoms with Crippen molar-refractivity contribution in [1.82, 2.24) is 10.1 Å². The van der Waals surface area contributed by atoms with Gasteiger partial charge in [-0.2, -0.15) is 4.98 Å². The molecule has 3 aromatic rings. The number of hydrogen-bond acceptors (Lipinski definition) is 7. The van der Waals surface area contributed by atoms with Gasteiger partial charge in [0.05, 0.1) is 32.3 Å². The average molecular weight is 409 g/mol. The number of hydrogen-bond donors (Lipinski definition) is 0. The highest BCUT2D eigenvalue weighted by molar-refractivity contribution is 5.96. The van der Waals surface area contributed by atoms with Gasteiger partial charge in [-0.15, -0.1) is 0 Å². The van der Waals surface area contributed by atoms with E-state index in [-0.39, 0.29) is 11.8 Å². The van der Waals surface area contributed by atoms with Crippen LogP contribution in [0.15, 0.2) is 47.0 Å². The monoisotopic (exact) mass is 409 g/mol. The summed E-state index contributed by atoms with van der Waals surface area (Å²) in [6, 6.07) is 12.9. The van der Waals surface area contributed by atoms with Crippen molar-refractivity contribution in [3.63, 3.8) is 0 Å². The largest absolute Gasteiger partial charge is 0.493 e. The Balaban J connectivity index is 1.56. The van der Waals surface area contributed by atoms with Crippen LogP contribution < -0.4 is 19.1 Å². The van der Waals surface area contributed by atoms with E-state index in [4.69, 9.17) is 18.7 Å². The predicted octanol–water partition coefficient (Wildman–Crippen LogP) is 3.67. The van der Waals surface area contributed by atoms with Crippen LogP contribution in [0.2, 0.25) is 0 Å². The van der Waals surface area contributed by atoms with E-state index in [1.54, 1.807) is 31.3 Å². The number of carbonyl (C=O) groups excluding carboxylic acids is 1. The van der Waals surface area contributed by atoms with Gasteiger partial charge in [-0.3, -0.25) is 4.79 Å². The first kappa shape index (κ1) is 19.8. The molecule has 0 bridgehead atoms. The van der Waals surface area contributed by atoms with Gasteiger partial charge >= 0.3 is 0 Å². The van der Waals surface area contributed by atoms with Crippen LogP contribution in [0.4, 0.5) is 5.69 Å². The molecule has 156 valence electrons. The maximum Gasteiger partial charge on any atom is 0.232 e. The summed E-state index contributed by atoms with van der Waals surface area (Å²) < 4.78 is 21.8. The number of methoxy groups -OCH3 is 2. The third kappa shape index (κ3) is 3.68. The molecule has 2 aromatic carbocycles. The number of amides is 1. The Morgan fingerprint density at radius 3 is 2.67 bits per heavy atom. The van der Waals surface area contributed by atoms with E-state index < -0.39 is 0 Å². The summed E-state index contributed by atoms with van der Waals surface area (Å²) in [5, 5.41) is 4.11. The van der Waals surface area contributed by atoms with E-state index >= 15 is 0 Å². The van der Waals surface area contributed by atoms with E-state index in [0.717, 1.165) is 11.3 Å². The summed E-state index contributed by atoms with van der Waals surface area (Å²) in [5.74, 6) is 2.56. The Morgan fingerprint density at radius 2 is 1.90 bits per heavy atom. The van der Waals surface area contributed by atoms with Crippen molar-refractivity contribution in [3.05, 3.63) is 48.4 Å². The Bertz CT molecular complexity index is 1050. The molecule has 1 aliphatic heterocycles. The minimum Gasteiger partial charge on any atom is -0.493 e. The highest BCUT2D eigenvalue weighted by Gasteiger charge is 2.35. The first-order valence-electron chi connectivity index (χ1n) is 9.72. The molecule has 8 heteroatoms. The molecule has 1 aromatic heterocycles. The molecule has 30 heavy (non-hydrogen) atoms. The molecule has 4 rings (SSSR count). The summed E-state index contributed by atoms with van der Waals surface area (Å²) >= 11 is 0. The molecule has 0 saturated carbocycles. The van der Waals surface area contributed by atoms with Gasteiger partial charge in [0.2, 0.25) is 17.6 Å². The quantitative estimate of drug-likeness (QED) is 0.588. The molecule has 8 nitrogen and oxygen atoms in total. The summed E-state index contributed by atoms with van der Waals surface area (Å²) in [6.07, 6.45) is 0.295. The third-order valence-corrected chi connectivity index (χ3v) is 5.02. The van der Waals surface area contributed by atoms with Crippen LogP contribution in [-0.4, -0.2) is 43.4 Å². The highest BCUT2D eigenvalue weighted by Crippen LogP contribution is 2.37. The molecular formula is C22H23N3O5. The van der Waals surface area contributed by atoms with Crippen LogP contribution in [0.1, 0.15) is 25.2 Å². The third-order valence-electron chi connectivity index (χ3n) is 5.02. The summed E-state index contributed by atoms with van der Waals surface area (Å²) in [7, 11) is 3.14. The fraction of sp³-hybridized carbons (Fsp3) is 0.318. The Kier molecular flexibility index (Phi) is 5.56. The van der Waals surface area contributed by atoms with Crippen molar-refractivity contribution in [2.24, 2.45) is 0 Å². The molecule has 1 unspecified atom stereocenters. The van der Waals surface area contributed by atoms with Gasteiger partial charge in [0.1, 0.15) is 5.75 Å². The first-order valence-corrected chi connectivity index (χ1v) is 9.72. The molecule has 0 radical (unpaired) electrons. The minimum absolute atomic E-state index is 0.0123. The van der Waals surface area contributed by atoms with E-state index in [9.17, 15) is 4.79 Å². The Morgan fingerprint density at radius 1 is 1.10 bits per heavy atom. The van der Waals surface area contributed by atoms with E-state index in [1.807, 2.05) is 37.3 Å². The van der Waals surface area contributed by atoms with Crippen molar-refractivity contribution in [2.45, 2.75) is 19.3 Å². The van der Waals surface area contributed by atoms with Crippen LogP contribution in [-0.2, 0) is 4.79 Å². The molecule has 1 saturated heterocycles. The van der Waals surface area contributed by atoms with E-state index in [1.165, 1.54) is 0 Å². The molecule has 1 amide bonds. The lowest BCUT2D eigenvalue weighted by Crippen LogP contribution is -2.24. The van der Waals surface area contributed by atoms with Crippen LogP contribution >= 0.6 is 0 Å². The van der Waals surface area contributed by atoms with Gasteiger partial charge in [-0.25, -0.2) is 0 Å². The molecular weight excluding hydrogens is 386 g/mol. The molecule has 1 aliphatic rings. The smallest absolute Gasteiger partial charge is 0.232 e. The van der Waals surface area contributed by atoms with Crippen molar-refractivity contribution >= 4 is 11.6 Å². The zero-order chi connectivity index (χ0) is 21.1. The average Bonchev–Trinajstić information content (AvgIpc) is 3.41. The lowest BCUT2D eigenvalue weighted by atomic mass is 10.1. The first-order chi connectivity index (χ1) is 14.6. The second kappa shape index (κ2) is 8.44. The number of benzene rings is 2. The number of carbonyl (C=O) groups is 1. The SMILES string of the molecule is CCOc1ccccc1-c1noc(C2CC(=O)N(c3ccc(OC)c(OC)c3)C2)n1. The topological polar surface area (TPSA) is 86.9 Å². The van der Waals surface area contributed by atoms with Gasteiger partial charge < -0.3 is 23.6 Å². The maximum absolute atomic E-state index is 12.7. The van der Waals surface area contributed by atoms with Gasteiger partial charge in [0.25, 0.3) is 0 Å². The zero-order valence-corrected chi connectivity index (χ0v) is 17.1. The van der Waals surface area contributed by atoms with Gasteiger partial charge in [-0.05, 0) is 31.2 Å². The lowest BCUT2D eigenvalue weighted by molar-refractivity contribution is -0.117. The Hall–Kier alpha value is -3.55. The van der Waals surface area contributed by atoms with Crippen molar-refractivity contribution < 1.29 is 23.5 Å². The molecule has 1 fully saturated rings. The number of anilines is 1. The normalized spacial score (nSPS) is 16.0. The lowest BCUT2D eigenvalue weighted by Gasteiger charge is -2.18. The summed E-state index contributed by atoms with van der Waals surface area (Å²) in [4.78, 5) is 18.9. The van der Waals surface area contributed by atoms with E-state index in [0.29, 0.717) is 48.5 Å². The van der Waals surface area contributed by atoms with Gasteiger partial charge in [0.15, 0.2) is 11.5 Å². The van der Waals surface area contributed by atoms with Crippen LogP contribution in [0, 0.1) is 0 Å². The minimum atomic E-state index is -0.189. The van der Waals surface area contributed by atoms with Crippen molar-refractivity contribution in [2.75, 3.05) is 32.3 Å². The van der Waals surface area contributed by atoms with Crippen LogP contribution in [0.3, 0.4) is 0 Å². The zero-order valence-electron chi connectivity index (χ0n) is 17.1. The van der Waals surface area contributed by atoms with Crippen molar-refractivity contribution in [1.29, 1.82) is 0 Å². The van der Waals surface area contributed by atoms with Gasteiger partial charge in [0, 0.05) is 24.7 Å². The standard InChI is InChI=1S/C22H23N3O5/c1-4-29-17-8-6-5-7-16(17)21-23-22(30-24-21)14-11-20(26)25(13-14)15-9-10-18(27-2)19(12-15)28-3/h5-10,12,14H,4,11,13H2,1-3H3. The second-order valence-electron chi connectivity index (χ2n) is 6.83. The predicted molar refractivity (Wildman–Crippen MR) is 110 cm³/mol. The fourth-order valence-corrected chi connectivity index (χ4v) is 3.56. The number of rotatable bonds is 7. The molecule has 1 atom stereocenters. The number of nitrogens with zero attached hydrogens (tertiary/aromatic N) is 3. The van der Waals surface area contributed by atoms with E-state index in [2.05, 4.69) is 10.1 Å². The number of para-hydroxylation sites is 1. The summed E-state index contributed by atoms with van der Waals surface area (Å²) in [5.41, 5.74) is 1.50. The fourth-order valence-electron chi connectivity index (χ4n) is 3.56. The van der Waals surface area contributed by atoms with Crippen LogP contribution in [0.5, 0.6) is 17.2 Å². The highest BCUT2D eigenvalue weighted by atomic mass is 16.5. The second-order valence-corrected chi connectivity index (χ2v) is 6.83.